The van der Waals surface area contributed by atoms with Crippen molar-refractivity contribution in [3.63, 3.8) is 0 Å². The molecule has 1 aromatic rings. The van der Waals surface area contributed by atoms with Crippen LogP contribution in [0.15, 0.2) is 29.4 Å². The number of hydrogen-bond donors (Lipinski definition) is 2. The van der Waals surface area contributed by atoms with Gasteiger partial charge in [0, 0.05) is 18.1 Å². The summed E-state index contributed by atoms with van der Waals surface area (Å²) >= 11 is 0. The molecule has 8 heteroatoms. The van der Waals surface area contributed by atoms with E-state index in [4.69, 9.17) is 10.5 Å². The molecule has 0 aliphatic rings. The van der Waals surface area contributed by atoms with Gasteiger partial charge in [0.25, 0.3) is 0 Å². The minimum atomic E-state index is -0.816. The quantitative estimate of drug-likeness (QED) is 0.358. The first-order chi connectivity index (χ1) is 9.43. The summed E-state index contributed by atoms with van der Waals surface area (Å²) in [7, 11) is 1.16. The second-order valence-corrected chi connectivity index (χ2v) is 3.56. The van der Waals surface area contributed by atoms with E-state index in [0.717, 1.165) is 7.11 Å². The molecule has 0 spiro atoms. The first-order valence-corrected chi connectivity index (χ1v) is 5.44. The van der Waals surface area contributed by atoms with Gasteiger partial charge in [0.15, 0.2) is 0 Å². The molecule has 0 aliphatic carbocycles. The molecule has 20 heavy (non-hydrogen) atoms. The van der Waals surface area contributed by atoms with E-state index in [-0.39, 0.29) is 11.5 Å². The van der Waals surface area contributed by atoms with Crippen molar-refractivity contribution in [2.75, 3.05) is 7.11 Å². The maximum atomic E-state index is 11.0. The van der Waals surface area contributed by atoms with E-state index >= 15 is 0 Å². The topological polar surface area (TPSA) is 120 Å². The van der Waals surface area contributed by atoms with Crippen LogP contribution >= 0.6 is 0 Å². The number of benzene rings is 1. The Kier molecular flexibility index (Phi) is 5.21. The number of hydrazone groups is 1. The summed E-state index contributed by atoms with van der Waals surface area (Å²) in [5.74, 6) is -1.34. The van der Waals surface area contributed by atoms with Crippen molar-refractivity contribution in [1.29, 1.82) is 0 Å². The Morgan fingerprint density at radius 3 is 2.15 bits per heavy atom. The Morgan fingerprint density at radius 1 is 1.15 bits per heavy atom. The van der Waals surface area contributed by atoms with Crippen molar-refractivity contribution >= 4 is 23.9 Å². The molecule has 0 aromatic heterocycles. The second-order valence-electron chi connectivity index (χ2n) is 3.56. The Labute approximate surface area is 114 Å². The first-order valence-electron chi connectivity index (χ1n) is 5.44. The number of rotatable bonds is 3. The molecular formula is C12H13N3O5. The lowest BCUT2D eigenvalue weighted by Gasteiger charge is -2.06. The Bertz CT molecular complexity index is 551. The molecular weight excluding hydrogens is 266 g/mol. The number of nitrogens with two attached hydrogens (primary N) is 1. The van der Waals surface area contributed by atoms with Gasteiger partial charge in [-0.3, -0.25) is 9.59 Å². The minimum Gasteiger partial charge on any atom is -0.452 e. The molecule has 0 saturated heterocycles. The fourth-order valence-electron chi connectivity index (χ4n) is 1.20. The lowest BCUT2D eigenvalue weighted by atomic mass is 10.1. The van der Waals surface area contributed by atoms with Crippen LogP contribution in [-0.4, -0.2) is 31.0 Å². The lowest BCUT2D eigenvalue weighted by molar-refractivity contribution is -0.133. The fraction of sp³-hybridized carbons (Fsp3) is 0.167. The summed E-state index contributed by atoms with van der Waals surface area (Å²) in [4.78, 5) is 32.9. The van der Waals surface area contributed by atoms with Crippen molar-refractivity contribution in [1.82, 2.24) is 5.43 Å². The maximum absolute atomic E-state index is 11.0. The van der Waals surface area contributed by atoms with Crippen LogP contribution < -0.4 is 11.2 Å². The lowest BCUT2D eigenvalue weighted by Crippen LogP contribution is -2.22. The molecule has 0 saturated carbocycles. The monoisotopic (exact) mass is 279 g/mol. The van der Waals surface area contributed by atoms with E-state index in [9.17, 15) is 14.4 Å². The van der Waals surface area contributed by atoms with E-state index in [1.807, 2.05) is 5.43 Å². The van der Waals surface area contributed by atoms with Gasteiger partial charge in [-0.05, 0) is 24.3 Å². The minimum absolute atomic E-state index is 0.140. The molecule has 1 aromatic carbocycles. The largest absolute Gasteiger partial charge is 0.452 e. The average Bonchev–Trinajstić information content (AvgIpc) is 2.42. The van der Waals surface area contributed by atoms with Gasteiger partial charge in [-0.2, -0.15) is 0 Å². The summed E-state index contributed by atoms with van der Waals surface area (Å²) in [5.41, 5.74) is 7.81. The van der Waals surface area contributed by atoms with Crippen LogP contribution in [0.2, 0.25) is 0 Å². The summed E-state index contributed by atoms with van der Waals surface area (Å²) in [6.45, 7) is 1.19. The molecule has 0 unspecified atom stereocenters. The van der Waals surface area contributed by atoms with E-state index in [0.29, 0.717) is 5.56 Å². The smallest absolute Gasteiger partial charge is 0.427 e. The highest BCUT2D eigenvalue weighted by atomic mass is 16.6. The summed E-state index contributed by atoms with van der Waals surface area (Å²) in [6.07, 6.45) is -0.816. The molecule has 0 heterocycles. The zero-order valence-electron chi connectivity index (χ0n) is 10.9. The van der Waals surface area contributed by atoms with Gasteiger partial charge in [-0.15, -0.1) is 5.10 Å². The third-order valence-electron chi connectivity index (χ3n) is 2.09. The van der Waals surface area contributed by atoms with Crippen LogP contribution in [0, 0.1) is 0 Å². The Balaban J connectivity index is 3.00. The average molecular weight is 279 g/mol. The Morgan fingerprint density at radius 2 is 1.70 bits per heavy atom. The van der Waals surface area contributed by atoms with Crippen molar-refractivity contribution in [2.45, 2.75) is 6.92 Å². The van der Waals surface area contributed by atoms with Gasteiger partial charge < -0.3 is 15.2 Å². The summed E-state index contributed by atoms with van der Waals surface area (Å²) in [5, 5.41) is 3.61. The molecule has 0 radical (unpaired) electrons. The number of ether oxygens (including phenoxy) is 2. The number of esters is 1. The van der Waals surface area contributed by atoms with E-state index in [1.54, 1.807) is 0 Å². The van der Waals surface area contributed by atoms with E-state index < -0.39 is 18.0 Å². The zero-order valence-corrected chi connectivity index (χ0v) is 10.9. The first kappa shape index (κ1) is 15.2. The van der Waals surface area contributed by atoms with Crippen LogP contribution in [0.5, 0.6) is 0 Å². The molecule has 0 fully saturated rings. The van der Waals surface area contributed by atoms with Crippen LogP contribution in [-0.2, 0) is 14.3 Å². The van der Waals surface area contributed by atoms with Crippen molar-refractivity contribution in [3.05, 3.63) is 35.4 Å². The van der Waals surface area contributed by atoms with Crippen molar-refractivity contribution < 1.29 is 23.9 Å². The van der Waals surface area contributed by atoms with Crippen molar-refractivity contribution in [2.24, 2.45) is 10.8 Å². The number of nitrogens with zero attached hydrogens (tertiary/aromatic N) is 1. The van der Waals surface area contributed by atoms with Crippen LogP contribution in [0.4, 0.5) is 4.79 Å². The third kappa shape index (κ3) is 4.41. The highest BCUT2D eigenvalue weighted by molar-refractivity contribution is 6.01. The molecule has 2 amide bonds. The number of amides is 2. The number of carbonyl (C=O) groups is 3. The molecule has 3 N–H and O–H groups in total. The predicted octanol–water partition coefficient (Wildman–Crippen LogP) is 0.366. The van der Waals surface area contributed by atoms with Gasteiger partial charge in [-0.1, -0.05) is 0 Å². The third-order valence-corrected chi connectivity index (χ3v) is 2.09. The van der Waals surface area contributed by atoms with Crippen LogP contribution in [0.1, 0.15) is 22.8 Å². The van der Waals surface area contributed by atoms with Crippen LogP contribution in [0.25, 0.3) is 0 Å². The SMILES string of the molecule is COC(=O)NN=C(OC(C)=O)c1ccc(C(N)=O)cc1. The Hall–Kier alpha value is -2.90. The fourth-order valence-corrected chi connectivity index (χ4v) is 1.20. The number of nitrogens with one attached hydrogen (secondary N) is 1. The number of carbonyl (C=O) groups excluding carboxylic acids is 3. The number of hydrogen-bond acceptors (Lipinski definition) is 6. The second kappa shape index (κ2) is 6.88. The van der Waals surface area contributed by atoms with E-state index in [2.05, 4.69) is 9.84 Å². The molecule has 8 nitrogen and oxygen atoms in total. The summed E-state index contributed by atoms with van der Waals surface area (Å²) in [6, 6.07) is 5.82. The molecule has 1 rings (SSSR count). The highest BCUT2D eigenvalue weighted by Gasteiger charge is 2.10. The number of methoxy groups -OCH3 is 1. The number of primary amides is 1. The van der Waals surface area contributed by atoms with Gasteiger partial charge in [0.2, 0.25) is 11.8 Å². The summed E-state index contributed by atoms with van der Waals surface area (Å²) < 4.78 is 9.19. The van der Waals surface area contributed by atoms with Gasteiger partial charge in [0.1, 0.15) is 0 Å². The van der Waals surface area contributed by atoms with Crippen molar-refractivity contribution in [3.8, 4) is 0 Å². The molecule has 0 atom stereocenters. The molecule has 106 valence electrons. The molecule has 0 bridgehead atoms. The predicted molar refractivity (Wildman–Crippen MR) is 68.8 cm³/mol. The highest BCUT2D eigenvalue weighted by Crippen LogP contribution is 2.06. The standard InChI is InChI=1S/C12H13N3O5/c1-7(16)20-11(14-15-12(18)19-2)9-5-3-8(4-6-9)10(13)17/h3-6H,1-2H3,(H2,13,17)(H,15,18). The maximum Gasteiger partial charge on any atom is 0.427 e. The van der Waals surface area contributed by atoms with E-state index in [1.165, 1.54) is 31.2 Å². The van der Waals surface area contributed by atoms with Crippen LogP contribution in [0.3, 0.4) is 0 Å². The van der Waals surface area contributed by atoms with Gasteiger partial charge in [-0.25, -0.2) is 10.2 Å². The normalized spacial score (nSPS) is 10.6. The van der Waals surface area contributed by atoms with Gasteiger partial charge in [0.05, 0.1) is 7.11 Å². The van der Waals surface area contributed by atoms with Gasteiger partial charge >= 0.3 is 12.1 Å². The zero-order chi connectivity index (χ0) is 15.1. The molecule has 0 aliphatic heterocycles.